The standard InChI is InChI=1S/C16H20N4O4/c1-4-20-15(22)12(14(17)21)9(2)13(16(20)23)19-18-10-5-7-11(24-3)8-6-10/h5-8,13,18-19H,4H2,1-3H3,(H2,17,21). The van der Waals surface area contributed by atoms with Gasteiger partial charge in [0.15, 0.2) is 0 Å². The van der Waals surface area contributed by atoms with Crippen LogP contribution in [0, 0.1) is 0 Å². The molecule has 0 aromatic heterocycles. The van der Waals surface area contributed by atoms with E-state index in [1.54, 1.807) is 38.3 Å². The fraction of sp³-hybridized carbons (Fsp3) is 0.312. The molecule has 128 valence electrons. The number of hydrogen-bond acceptors (Lipinski definition) is 6. The zero-order chi connectivity index (χ0) is 17.9. The predicted molar refractivity (Wildman–Crippen MR) is 87.8 cm³/mol. The molecule has 0 aliphatic carbocycles. The van der Waals surface area contributed by atoms with Crippen molar-refractivity contribution in [2.24, 2.45) is 5.73 Å². The first-order valence-corrected chi connectivity index (χ1v) is 7.42. The number of ether oxygens (including phenoxy) is 1. The zero-order valence-corrected chi connectivity index (χ0v) is 13.8. The molecule has 0 radical (unpaired) electrons. The van der Waals surface area contributed by atoms with Gasteiger partial charge in [-0.3, -0.25) is 19.3 Å². The topological polar surface area (TPSA) is 114 Å². The van der Waals surface area contributed by atoms with Crippen molar-refractivity contribution in [2.45, 2.75) is 19.9 Å². The SMILES string of the molecule is CCN1C(=O)C(C(N)=O)=C(C)C(NNc2ccc(OC)cc2)C1=O. The number of anilines is 1. The van der Waals surface area contributed by atoms with Crippen LogP contribution in [0.3, 0.4) is 0 Å². The maximum absolute atomic E-state index is 12.5. The van der Waals surface area contributed by atoms with E-state index < -0.39 is 23.8 Å². The number of imide groups is 1. The van der Waals surface area contributed by atoms with E-state index in [9.17, 15) is 14.4 Å². The Morgan fingerprint density at radius 3 is 2.42 bits per heavy atom. The van der Waals surface area contributed by atoms with Gasteiger partial charge in [0.2, 0.25) is 0 Å². The Labute approximate surface area is 139 Å². The molecule has 3 amide bonds. The summed E-state index contributed by atoms with van der Waals surface area (Å²) in [7, 11) is 1.57. The van der Waals surface area contributed by atoms with Crippen LogP contribution >= 0.6 is 0 Å². The monoisotopic (exact) mass is 332 g/mol. The second kappa shape index (κ2) is 7.14. The van der Waals surface area contributed by atoms with Crippen LogP contribution in [0.2, 0.25) is 0 Å². The van der Waals surface area contributed by atoms with Gasteiger partial charge in [-0.1, -0.05) is 0 Å². The average molecular weight is 332 g/mol. The first kappa shape index (κ1) is 17.5. The summed E-state index contributed by atoms with van der Waals surface area (Å²) in [6.07, 6.45) is 0. The molecule has 1 unspecified atom stereocenters. The number of amides is 3. The quantitative estimate of drug-likeness (QED) is 0.389. The summed E-state index contributed by atoms with van der Waals surface area (Å²) in [4.78, 5) is 37.2. The molecule has 8 nitrogen and oxygen atoms in total. The molecule has 1 atom stereocenters. The Hall–Kier alpha value is -2.87. The van der Waals surface area contributed by atoms with Crippen molar-refractivity contribution in [3.8, 4) is 5.75 Å². The van der Waals surface area contributed by atoms with Crippen molar-refractivity contribution in [1.29, 1.82) is 0 Å². The normalized spacial score (nSPS) is 18.0. The summed E-state index contributed by atoms with van der Waals surface area (Å²) < 4.78 is 5.07. The highest BCUT2D eigenvalue weighted by atomic mass is 16.5. The van der Waals surface area contributed by atoms with E-state index in [1.165, 1.54) is 6.92 Å². The molecule has 1 aromatic rings. The van der Waals surface area contributed by atoms with Crippen LogP contribution in [0.4, 0.5) is 5.69 Å². The van der Waals surface area contributed by atoms with Crippen LogP contribution in [0.5, 0.6) is 5.75 Å². The maximum Gasteiger partial charge on any atom is 0.266 e. The third kappa shape index (κ3) is 3.23. The molecule has 0 saturated heterocycles. The van der Waals surface area contributed by atoms with Crippen molar-refractivity contribution in [3.05, 3.63) is 35.4 Å². The molecule has 4 N–H and O–H groups in total. The Kier molecular flexibility index (Phi) is 5.20. The van der Waals surface area contributed by atoms with Crippen LogP contribution in [0.1, 0.15) is 13.8 Å². The third-order valence-corrected chi connectivity index (χ3v) is 3.81. The van der Waals surface area contributed by atoms with Gasteiger partial charge < -0.3 is 15.9 Å². The molecule has 0 spiro atoms. The van der Waals surface area contributed by atoms with Gasteiger partial charge in [-0.05, 0) is 43.7 Å². The summed E-state index contributed by atoms with van der Waals surface area (Å²) in [6.45, 7) is 3.35. The van der Waals surface area contributed by atoms with Crippen LogP contribution < -0.4 is 21.3 Å². The summed E-state index contributed by atoms with van der Waals surface area (Å²) in [6, 6.07) is 6.16. The van der Waals surface area contributed by atoms with Crippen molar-refractivity contribution >= 4 is 23.4 Å². The molecular formula is C16H20N4O4. The molecule has 0 fully saturated rings. The smallest absolute Gasteiger partial charge is 0.266 e. The minimum absolute atomic E-state index is 0.155. The van der Waals surface area contributed by atoms with Gasteiger partial charge in [0.25, 0.3) is 17.7 Å². The van der Waals surface area contributed by atoms with Crippen molar-refractivity contribution in [1.82, 2.24) is 10.3 Å². The van der Waals surface area contributed by atoms with Crippen LogP contribution in [-0.2, 0) is 14.4 Å². The molecule has 0 saturated carbocycles. The van der Waals surface area contributed by atoms with Gasteiger partial charge in [-0.2, -0.15) is 0 Å². The Balaban J connectivity index is 2.24. The van der Waals surface area contributed by atoms with Gasteiger partial charge in [-0.25, -0.2) is 5.43 Å². The molecule has 1 aliphatic rings. The lowest BCUT2D eigenvalue weighted by molar-refractivity contribution is -0.144. The van der Waals surface area contributed by atoms with Crippen molar-refractivity contribution < 1.29 is 19.1 Å². The van der Waals surface area contributed by atoms with Crippen molar-refractivity contribution in [3.63, 3.8) is 0 Å². The third-order valence-electron chi connectivity index (χ3n) is 3.81. The van der Waals surface area contributed by atoms with E-state index in [-0.39, 0.29) is 12.1 Å². The molecule has 0 bridgehead atoms. The highest BCUT2D eigenvalue weighted by Crippen LogP contribution is 2.21. The number of benzene rings is 1. The largest absolute Gasteiger partial charge is 0.497 e. The van der Waals surface area contributed by atoms with E-state index in [1.807, 2.05) is 0 Å². The second-order valence-corrected chi connectivity index (χ2v) is 5.24. The predicted octanol–water partition coefficient (Wildman–Crippen LogP) is 0.171. The number of likely N-dealkylation sites (N-methyl/N-ethyl adjacent to an activating group) is 1. The lowest BCUT2D eigenvalue weighted by atomic mass is 9.95. The average Bonchev–Trinajstić information content (AvgIpc) is 2.55. The van der Waals surface area contributed by atoms with Gasteiger partial charge >= 0.3 is 0 Å². The van der Waals surface area contributed by atoms with Gasteiger partial charge in [-0.15, -0.1) is 0 Å². The number of carbonyl (C=O) groups is 3. The minimum atomic E-state index is -0.868. The number of nitrogens with one attached hydrogen (secondary N) is 2. The number of hydrazine groups is 1. The number of primary amides is 1. The molecule has 24 heavy (non-hydrogen) atoms. The highest BCUT2D eigenvalue weighted by Gasteiger charge is 2.40. The minimum Gasteiger partial charge on any atom is -0.497 e. The van der Waals surface area contributed by atoms with Gasteiger partial charge in [0, 0.05) is 12.2 Å². The fourth-order valence-corrected chi connectivity index (χ4v) is 2.49. The number of carbonyl (C=O) groups excluding carboxylic acids is 3. The first-order chi connectivity index (χ1) is 11.4. The summed E-state index contributed by atoms with van der Waals surface area (Å²) in [5, 5.41) is 0. The summed E-state index contributed by atoms with van der Waals surface area (Å²) in [5.74, 6) is -1.25. The lowest BCUT2D eigenvalue weighted by Gasteiger charge is -2.32. The van der Waals surface area contributed by atoms with E-state index in [2.05, 4.69) is 10.9 Å². The van der Waals surface area contributed by atoms with Gasteiger partial charge in [0.05, 0.1) is 7.11 Å². The fourth-order valence-electron chi connectivity index (χ4n) is 2.49. The van der Waals surface area contributed by atoms with Crippen LogP contribution in [-0.4, -0.2) is 42.3 Å². The Morgan fingerprint density at radius 2 is 1.92 bits per heavy atom. The summed E-state index contributed by atoms with van der Waals surface area (Å²) in [5.41, 5.74) is 11.9. The number of rotatable bonds is 6. The number of hydrogen-bond donors (Lipinski definition) is 3. The molecule has 1 heterocycles. The highest BCUT2D eigenvalue weighted by molar-refractivity contribution is 6.24. The Bertz CT molecular complexity index is 697. The first-order valence-electron chi connectivity index (χ1n) is 7.42. The second-order valence-electron chi connectivity index (χ2n) is 5.24. The molecule has 1 aliphatic heterocycles. The lowest BCUT2D eigenvalue weighted by Crippen LogP contribution is -2.56. The van der Waals surface area contributed by atoms with Crippen LogP contribution in [0.25, 0.3) is 0 Å². The van der Waals surface area contributed by atoms with Crippen LogP contribution in [0.15, 0.2) is 35.4 Å². The maximum atomic E-state index is 12.5. The van der Waals surface area contributed by atoms with E-state index in [4.69, 9.17) is 10.5 Å². The van der Waals surface area contributed by atoms with Gasteiger partial charge in [0.1, 0.15) is 17.4 Å². The molecular weight excluding hydrogens is 312 g/mol. The summed E-state index contributed by atoms with van der Waals surface area (Å²) >= 11 is 0. The molecule has 2 rings (SSSR count). The Morgan fingerprint density at radius 1 is 1.29 bits per heavy atom. The number of nitrogens with zero attached hydrogens (tertiary/aromatic N) is 1. The zero-order valence-electron chi connectivity index (χ0n) is 13.8. The number of methoxy groups -OCH3 is 1. The van der Waals surface area contributed by atoms with E-state index in [0.717, 1.165) is 4.90 Å². The molecule has 1 aromatic carbocycles. The van der Waals surface area contributed by atoms with E-state index in [0.29, 0.717) is 17.0 Å². The number of nitrogens with two attached hydrogens (primary N) is 1. The molecule has 8 heteroatoms. The van der Waals surface area contributed by atoms with Crippen molar-refractivity contribution in [2.75, 3.05) is 19.1 Å². The van der Waals surface area contributed by atoms with E-state index >= 15 is 0 Å².